The number of carbonyl (C=O) groups is 2. The van der Waals surface area contributed by atoms with Crippen LogP contribution >= 0.6 is 0 Å². The van der Waals surface area contributed by atoms with Crippen LogP contribution in [-0.4, -0.2) is 16.4 Å². The number of fused-ring (bicyclic) bond motifs is 1. The molecule has 0 aliphatic heterocycles. The average Bonchev–Trinajstić information content (AvgIpc) is 2.97. The van der Waals surface area contributed by atoms with E-state index in [1.807, 2.05) is 43.6 Å². The van der Waals surface area contributed by atoms with Gasteiger partial charge in [-0.15, -0.1) is 0 Å². The third kappa shape index (κ3) is 3.33. The number of primary amides is 1. The molecule has 2 aromatic carbocycles. The smallest absolute Gasteiger partial charge is 0.247 e. The summed E-state index contributed by atoms with van der Waals surface area (Å²) in [5, 5.41) is 3.96. The predicted octanol–water partition coefficient (Wildman–Crippen LogP) is 2.63. The van der Waals surface area contributed by atoms with Crippen molar-refractivity contribution in [2.45, 2.75) is 25.3 Å². The lowest BCUT2D eigenvalue weighted by molar-refractivity contribution is -0.131. The molecule has 5 nitrogen and oxygen atoms in total. The molecular formula is C21H23N3O2. The lowest BCUT2D eigenvalue weighted by Crippen LogP contribution is -2.52. The molecule has 0 aliphatic carbocycles. The van der Waals surface area contributed by atoms with Crippen molar-refractivity contribution in [1.82, 2.24) is 9.88 Å². The fourth-order valence-electron chi connectivity index (χ4n) is 3.26. The summed E-state index contributed by atoms with van der Waals surface area (Å²) >= 11 is 0. The molecule has 0 aliphatic rings. The van der Waals surface area contributed by atoms with Crippen LogP contribution in [0.4, 0.5) is 0 Å². The van der Waals surface area contributed by atoms with Crippen LogP contribution in [0.2, 0.25) is 0 Å². The number of amides is 2. The number of rotatable bonds is 6. The average molecular weight is 349 g/mol. The molecule has 0 fully saturated rings. The van der Waals surface area contributed by atoms with E-state index in [4.69, 9.17) is 5.73 Å². The van der Waals surface area contributed by atoms with Gasteiger partial charge in [0.25, 0.3) is 0 Å². The highest BCUT2D eigenvalue weighted by atomic mass is 16.2. The molecular weight excluding hydrogens is 326 g/mol. The van der Waals surface area contributed by atoms with E-state index >= 15 is 0 Å². The molecule has 0 bridgehead atoms. The van der Waals surface area contributed by atoms with E-state index in [1.54, 1.807) is 19.1 Å². The molecule has 0 saturated heterocycles. The summed E-state index contributed by atoms with van der Waals surface area (Å²) in [4.78, 5) is 24.5. The van der Waals surface area contributed by atoms with Crippen LogP contribution in [0.25, 0.3) is 10.9 Å². The van der Waals surface area contributed by atoms with Gasteiger partial charge < -0.3 is 15.6 Å². The lowest BCUT2D eigenvalue weighted by atomic mass is 9.91. The van der Waals surface area contributed by atoms with Gasteiger partial charge in [-0.1, -0.05) is 48.5 Å². The highest BCUT2D eigenvalue weighted by Crippen LogP contribution is 2.23. The number of hydrogen-bond acceptors (Lipinski definition) is 2. The zero-order valence-corrected chi connectivity index (χ0v) is 15.0. The van der Waals surface area contributed by atoms with Crippen molar-refractivity contribution in [2.24, 2.45) is 12.8 Å². The quantitative estimate of drug-likeness (QED) is 0.718. The summed E-state index contributed by atoms with van der Waals surface area (Å²) in [6.07, 6.45) is 2.92. The molecule has 3 aromatic rings. The summed E-state index contributed by atoms with van der Waals surface area (Å²) in [7, 11) is 1.99. The number of para-hydroxylation sites is 1. The van der Waals surface area contributed by atoms with Gasteiger partial charge in [0.05, 0.1) is 0 Å². The van der Waals surface area contributed by atoms with Gasteiger partial charge in [0.2, 0.25) is 11.8 Å². The summed E-state index contributed by atoms with van der Waals surface area (Å²) in [5.41, 5.74) is 7.27. The Morgan fingerprint density at radius 2 is 1.73 bits per heavy atom. The van der Waals surface area contributed by atoms with Crippen LogP contribution in [0.15, 0.2) is 60.8 Å². The largest absolute Gasteiger partial charge is 0.367 e. The molecule has 2 amide bonds. The van der Waals surface area contributed by atoms with Crippen molar-refractivity contribution in [2.75, 3.05) is 0 Å². The molecule has 1 atom stereocenters. The Balaban J connectivity index is 1.74. The van der Waals surface area contributed by atoms with E-state index in [1.165, 1.54) is 0 Å². The minimum Gasteiger partial charge on any atom is -0.367 e. The van der Waals surface area contributed by atoms with E-state index in [9.17, 15) is 9.59 Å². The second-order valence-corrected chi connectivity index (χ2v) is 6.69. The zero-order valence-electron chi connectivity index (χ0n) is 15.0. The van der Waals surface area contributed by atoms with E-state index < -0.39 is 11.4 Å². The molecule has 1 aromatic heterocycles. The first-order valence-electron chi connectivity index (χ1n) is 8.61. The standard InChI is InChI=1S/C21H23N3O2/c1-21(20(22)26,16-8-4-3-5-9-16)23-19(25)13-12-15-14-24(2)18-11-7-6-10-17(15)18/h3-11,14H,12-13H2,1-2H3,(H2,22,26)(H,23,25). The minimum atomic E-state index is -1.23. The molecule has 3 N–H and O–H groups in total. The highest BCUT2D eigenvalue weighted by Gasteiger charge is 2.34. The van der Waals surface area contributed by atoms with Crippen LogP contribution in [0.3, 0.4) is 0 Å². The van der Waals surface area contributed by atoms with Gasteiger partial charge in [-0.3, -0.25) is 9.59 Å². The first-order chi connectivity index (χ1) is 12.4. The van der Waals surface area contributed by atoms with Crippen LogP contribution < -0.4 is 11.1 Å². The van der Waals surface area contributed by atoms with Crippen LogP contribution in [0, 0.1) is 0 Å². The molecule has 134 valence electrons. The lowest BCUT2D eigenvalue weighted by Gasteiger charge is -2.28. The Morgan fingerprint density at radius 3 is 2.42 bits per heavy atom. The van der Waals surface area contributed by atoms with E-state index in [0.29, 0.717) is 12.0 Å². The molecule has 26 heavy (non-hydrogen) atoms. The number of benzene rings is 2. The van der Waals surface area contributed by atoms with Crippen LogP contribution in [-0.2, 0) is 28.6 Å². The topological polar surface area (TPSA) is 77.1 Å². The van der Waals surface area contributed by atoms with Gasteiger partial charge in [0, 0.05) is 30.6 Å². The zero-order chi connectivity index (χ0) is 18.7. The summed E-state index contributed by atoms with van der Waals surface area (Å²) < 4.78 is 2.06. The van der Waals surface area contributed by atoms with Gasteiger partial charge in [-0.2, -0.15) is 0 Å². The maximum absolute atomic E-state index is 12.5. The van der Waals surface area contributed by atoms with Crippen molar-refractivity contribution in [3.63, 3.8) is 0 Å². The number of hydrogen-bond donors (Lipinski definition) is 2. The SMILES string of the molecule is Cn1cc(CCC(=O)NC(C)(C(N)=O)c2ccccc2)c2ccccc21. The third-order valence-electron chi connectivity index (χ3n) is 4.83. The summed E-state index contributed by atoms with van der Waals surface area (Å²) in [6.45, 7) is 1.64. The summed E-state index contributed by atoms with van der Waals surface area (Å²) in [5.74, 6) is -0.787. The van der Waals surface area contributed by atoms with Crippen molar-refractivity contribution in [3.05, 3.63) is 71.9 Å². The van der Waals surface area contributed by atoms with Gasteiger partial charge in [-0.25, -0.2) is 0 Å². The van der Waals surface area contributed by atoms with Crippen LogP contribution in [0.5, 0.6) is 0 Å². The Kier molecular flexibility index (Phi) is 4.80. The second kappa shape index (κ2) is 7.04. The van der Waals surface area contributed by atoms with Crippen molar-refractivity contribution >= 4 is 22.7 Å². The molecule has 5 heteroatoms. The Bertz CT molecular complexity index is 946. The number of nitrogens with two attached hydrogens (primary N) is 1. The van der Waals surface area contributed by atoms with E-state index in [-0.39, 0.29) is 12.3 Å². The van der Waals surface area contributed by atoms with Gasteiger partial charge >= 0.3 is 0 Å². The van der Waals surface area contributed by atoms with Gasteiger partial charge in [0.1, 0.15) is 5.54 Å². The third-order valence-corrected chi connectivity index (χ3v) is 4.83. The van der Waals surface area contributed by atoms with Crippen LogP contribution in [0.1, 0.15) is 24.5 Å². The maximum atomic E-state index is 12.5. The van der Waals surface area contributed by atoms with Gasteiger partial charge in [0.15, 0.2) is 0 Å². The Morgan fingerprint density at radius 1 is 1.08 bits per heavy atom. The normalized spacial score (nSPS) is 13.3. The summed E-state index contributed by atoms with van der Waals surface area (Å²) in [6, 6.07) is 17.2. The maximum Gasteiger partial charge on any atom is 0.247 e. The molecule has 1 heterocycles. The fourth-order valence-corrected chi connectivity index (χ4v) is 3.26. The first kappa shape index (κ1) is 17.7. The van der Waals surface area contributed by atoms with Crippen molar-refractivity contribution < 1.29 is 9.59 Å². The number of nitrogens with one attached hydrogen (secondary N) is 1. The molecule has 3 rings (SSSR count). The van der Waals surface area contributed by atoms with Gasteiger partial charge in [-0.05, 0) is 30.5 Å². The number of aromatic nitrogens is 1. The monoisotopic (exact) mass is 349 g/mol. The fraction of sp³-hybridized carbons (Fsp3) is 0.238. The number of aryl methyl sites for hydroxylation is 2. The van der Waals surface area contributed by atoms with E-state index in [0.717, 1.165) is 16.5 Å². The Hall–Kier alpha value is -3.08. The second-order valence-electron chi connectivity index (χ2n) is 6.69. The Labute approximate surface area is 152 Å². The first-order valence-corrected chi connectivity index (χ1v) is 8.61. The molecule has 0 saturated carbocycles. The molecule has 1 unspecified atom stereocenters. The number of nitrogens with zero attached hydrogens (tertiary/aromatic N) is 1. The molecule has 0 radical (unpaired) electrons. The van der Waals surface area contributed by atoms with E-state index in [2.05, 4.69) is 22.0 Å². The predicted molar refractivity (Wildman–Crippen MR) is 102 cm³/mol. The molecule has 0 spiro atoms. The van der Waals surface area contributed by atoms with Crippen molar-refractivity contribution in [3.8, 4) is 0 Å². The van der Waals surface area contributed by atoms with Crippen molar-refractivity contribution in [1.29, 1.82) is 0 Å². The highest BCUT2D eigenvalue weighted by molar-refractivity contribution is 5.91. The minimum absolute atomic E-state index is 0.205. The number of carbonyl (C=O) groups excluding carboxylic acids is 2.